The van der Waals surface area contributed by atoms with Crippen molar-refractivity contribution in [3.8, 4) is 10.6 Å². The van der Waals surface area contributed by atoms with Gasteiger partial charge in [0.15, 0.2) is 0 Å². The van der Waals surface area contributed by atoms with E-state index >= 15 is 0 Å². The van der Waals surface area contributed by atoms with E-state index in [4.69, 9.17) is 14.8 Å². The van der Waals surface area contributed by atoms with Crippen LogP contribution in [0.4, 0.5) is 5.69 Å². The summed E-state index contributed by atoms with van der Waals surface area (Å²) in [4.78, 5) is 4.79. The van der Waals surface area contributed by atoms with E-state index in [-0.39, 0.29) is 17.7 Å². The molecule has 162 valence electrons. The summed E-state index contributed by atoms with van der Waals surface area (Å²) in [6.07, 6.45) is 2.54. The summed E-state index contributed by atoms with van der Waals surface area (Å²) in [5, 5.41) is 13.9. The number of ether oxygens (including phenoxy) is 1. The highest BCUT2D eigenvalue weighted by atomic mass is 32.1. The summed E-state index contributed by atoms with van der Waals surface area (Å²) in [7, 11) is 0. The van der Waals surface area contributed by atoms with E-state index in [2.05, 4.69) is 68.6 Å². The standard InChI is InChI=1S/C25H34N2O2S/c1-6-25(5,14-16-29-24(3,4)13-15-28)27-20-10-8-19(9-11-20)23-26-21-12-7-18(2)17-22(21)30-23/h7-12,17,27-28H,6,13-16H2,1-5H3. The quantitative estimate of drug-likeness (QED) is 0.393. The number of nitrogens with zero attached hydrogens (tertiary/aromatic N) is 1. The summed E-state index contributed by atoms with van der Waals surface area (Å²) in [5.41, 5.74) is 4.23. The van der Waals surface area contributed by atoms with Gasteiger partial charge in [-0.3, -0.25) is 0 Å². The number of aliphatic hydroxyl groups is 1. The Morgan fingerprint density at radius 2 is 1.80 bits per heavy atom. The molecule has 0 radical (unpaired) electrons. The number of aryl methyl sites for hydroxylation is 1. The molecule has 0 saturated heterocycles. The highest BCUT2D eigenvalue weighted by Gasteiger charge is 2.24. The van der Waals surface area contributed by atoms with Crippen molar-refractivity contribution >= 4 is 27.2 Å². The topological polar surface area (TPSA) is 54.4 Å². The Labute approximate surface area is 184 Å². The summed E-state index contributed by atoms with van der Waals surface area (Å²) in [6.45, 7) is 11.4. The predicted molar refractivity (Wildman–Crippen MR) is 128 cm³/mol. The number of rotatable bonds is 10. The van der Waals surface area contributed by atoms with E-state index < -0.39 is 0 Å². The average molecular weight is 427 g/mol. The van der Waals surface area contributed by atoms with Crippen LogP contribution in [0.25, 0.3) is 20.8 Å². The number of hydrogen-bond donors (Lipinski definition) is 2. The van der Waals surface area contributed by atoms with Crippen LogP contribution in [-0.2, 0) is 4.74 Å². The van der Waals surface area contributed by atoms with Crippen LogP contribution in [0.2, 0.25) is 0 Å². The molecule has 1 heterocycles. The van der Waals surface area contributed by atoms with Crippen molar-refractivity contribution in [3.63, 3.8) is 0 Å². The number of aliphatic hydroxyl groups excluding tert-OH is 1. The van der Waals surface area contributed by atoms with Crippen molar-refractivity contribution < 1.29 is 9.84 Å². The summed E-state index contributed by atoms with van der Waals surface area (Å²) >= 11 is 1.74. The highest BCUT2D eigenvalue weighted by Crippen LogP contribution is 2.32. The maximum atomic E-state index is 9.16. The maximum absolute atomic E-state index is 9.16. The molecule has 1 atom stereocenters. The second kappa shape index (κ2) is 9.46. The van der Waals surface area contributed by atoms with Gasteiger partial charge < -0.3 is 15.2 Å². The molecule has 0 aliphatic rings. The largest absolute Gasteiger partial charge is 0.396 e. The second-order valence-corrected chi connectivity index (χ2v) is 9.97. The Bertz CT molecular complexity index is 965. The molecule has 30 heavy (non-hydrogen) atoms. The van der Waals surface area contributed by atoms with E-state index in [1.807, 2.05) is 13.8 Å². The predicted octanol–water partition coefficient (Wildman–Crippen LogP) is 6.42. The van der Waals surface area contributed by atoms with Gasteiger partial charge in [-0.2, -0.15) is 0 Å². The molecule has 1 aromatic heterocycles. The Kier molecular flexibility index (Phi) is 7.17. The number of thiazole rings is 1. The summed E-state index contributed by atoms with van der Waals surface area (Å²) < 4.78 is 7.24. The van der Waals surface area contributed by atoms with E-state index in [0.717, 1.165) is 34.6 Å². The number of benzene rings is 2. The maximum Gasteiger partial charge on any atom is 0.124 e. The van der Waals surface area contributed by atoms with E-state index in [1.165, 1.54) is 10.3 Å². The van der Waals surface area contributed by atoms with Gasteiger partial charge in [-0.05, 0) is 88.9 Å². The van der Waals surface area contributed by atoms with Crippen LogP contribution in [0.3, 0.4) is 0 Å². The van der Waals surface area contributed by atoms with Gasteiger partial charge >= 0.3 is 0 Å². The molecule has 4 nitrogen and oxygen atoms in total. The minimum Gasteiger partial charge on any atom is -0.396 e. The average Bonchev–Trinajstić information content (AvgIpc) is 3.11. The molecular formula is C25H34N2O2S. The van der Waals surface area contributed by atoms with Gasteiger partial charge in [0.1, 0.15) is 5.01 Å². The third-order valence-corrected chi connectivity index (χ3v) is 6.83. The molecule has 0 fully saturated rings. The fourth-order valence-corrected chi connectivity index (χ4v) is 4.49. The van der Waals surface area contributed by atoms with Crippen molar-refractivity contribution in [1.82, 2.24) is 4.98 Å². The van der Waals surface area contributed by atoms with Gasteiger partial charge in [-0.25, -0.2) is 4.98 Å². The van der Waals surface area contributed by atoms with Crippen LogP contribution in [0.1, 0.15) is 52.5 Å². The normalized spacial score (nSPS) is 14.1. The lowest BCUT2D eigenvalue weighted by molar-refractivity contribution is -0.0377. The molecule has 0 bridgehead atoms. The Morgan fingerprint density at radius 1 is 1.07 bits per heavy atom. The molecule has 1 unspecified atom stereocenters. The molecule has 5 heteroatoms. The van der Waals surface area contributed by atoms with Crippen molar-refractivity contribution in [3.05, 3.63) is 48.0 Å². The number of aromatic nitrogens is 1. The molecule has 2 N–H and O–H groups in total. The first-order chi connectivity index (χ1) is 14.2. The van der Waals surface area contributed by atoms with Gasteiger partial charge in [-0.15, -0.1) is 11.3 Å². The van der Waals surface area contributed by atoms with Gasteiger partial charge in [0.25, 0.3) is 0 Å². The van der Waals surface area contributed by atoms with Crippen molar-refractivity contribution in [1.29, 1.82) is 0 Å². The van der Waals surface area contributed by atoms with Crippen molar-refractivity contribution in [2.75, 3.05) is 18.5 Å². The first-order valence-corrected chi connectivity index (χ1v) is 11.6. The number of nitrogens with one attached hydrogen (secondary N) is 1. The second-order valence-electron chi connectivity index (χ2n) is 8.94. The molecule has 3 aromatic rings. The molecule has 0 spiro atoms. The minimum atomic E-state index is -0.291. The van der Waals surface area contributed by atoms with Gasteiger partial charge in [0.2, 0.25) is 0 Å². The highest BCUT2D eigenvalue weighted by molar-refractivity contribution is 7.21. The molecule has 3 rings (SSSR count). The smallest absolute Gasteiger partial charge is 0.124 e. The molecule has 2 aromatic carbocycles. The number of fused-ring (bicyclic) bond motifs is 1. The number of hydrogen-bond acceptors (Lipinski definition) is 5. The minimum absolute atomic E-state index is 0.0514. The Hall–Kier alpha value is -1.95. The third-order valence-electron chi connectivity index (χ3n) is 5.76. The zero-order chi connectivity index (χ0) is 21.8. The zero-order valence-corrected chi connectivity index (χ0v) is 19.6. The number of anilines is 1. The van der Waals surface area contributed by atoms with E-state index in [0.29, 0.717) is 13.0 Å². The molecular weight excluding hydrogens is 392 g/mol. The van der Waals surface area contributed by atoms with E-state index in [9.17, 15) is 0 Å². The zero-order valence-electron chi connectivity index (χ0n) is 18.8. The van der Waals surface area contributed by atoms with Crippen LogP contribution in [0.5, 0.6) is 0 Å². The molecule has 0 aliphatic carbocycles. The van der Waals surface area contributed by atoms with Crippen LogP contribution >= 0.6 is 11.3 Å². The van der Waals surface area contributed by atoms with Crippen LogP contribution in [0.15, 0.2) is 42.5 Å². The lowest BCUT2D eigenvalue weighted by Crippen LogP contribution is -2.37. The van der Waals surface area contributed by atoms with Crippen LogP contribution in [0, 0.1) is 6.92 Å². The Morgan fingerprint density at radius 3 is 2.47 bits per heavy atom. The lowest BCUT2D eigenvalue weighted by Gasteiger charge is -2.33. The fraction of sp³-hybridized carbons (Fsp3) is 0.480. The SMILES string of the molecule is CCC(C)(CCOC(C)(C)CCO)Nc1ccc(-c2nc3ccc(C)cc3s2)cc1. The summed E-state index contributed by atoms with van der Waals surface area (Å²) in [5.74, 6) is 0. The third kappa shape index (κ3) is 5.81. The monoisotopic (exact) mass is 426 g/mol. The van der Waals surface area contributed by atoms with E-state index in [1.54, 1.807) is 11.3 Å². The molecule has 0 saturated carbocycles. The first kappa shape index (κ1) is 22.7. The first-order valence-electron chi connectivity index (χ1n) is 10.7. The van der Waals surface area contributed by atoms with Crippen LogP contribution < -0.4 is 5.32 Å². The molecule has 0 aliphatic heterocycles. The molecule has 0 amide bonds. The fourth-order valence-electron chi connectivity index (χ4n) is 3.42. The summed E-state index contributed by atoms with van der Waals surface area (Å²) in [6, 6.07) is 15.0. The van der Waals surface area contributed by atoms with Crippen molar-refractivity contribution in [2.45, 2.75) is 65.0 Å². The van der Waals surface area contributed by atoms with Crippen LogP contribution in [-0.4, -0.2) is 34.4 Å². The van der Waals surface area contributed by atoms with Gasteiger partial charge in [0.05, 0.1) is 15.8 Å². The van der Waals surface area contributed by atoms with Gasteiger partial charge in [-0.1, -0.05) is 13.0 Å². The van der Waals surface area contributed by atoms with Crippen molar-refractivity contribution in [2.24, 2.45) is 0 Å². The lowest BCUT2D eigenvalue weighted by atomic mass is 9.94. The Balaban J connectivity index is 1.65. The van der Waals surface area contributed by atoms with Gasteiger partial charge in [0, 0.05) is 30.0 Å².